The monoisotopic (exact) mass is 542 g/mol. The number of carbonyl (C=O) groups is 2. The highest BCUT2D eigenvalue weighted by Crippen LogP contribution is 2.36. The van der Waals surface area contributed by atoms with Crippen LogP contribution >= 0.6 is 23.4 Å². The summed E-state index contributed by atoms with van der Waals surface area (Å²) in [4.78, 5) is 23.2. The molecule has 7 nitrogen and oxygen atoms in total. The molecule has 1 heterocycles. The van der Waals surface area contributed by atoms with Crippen LogP contribution in [0, 0.1) is 0 Å². The molecule has 0 spiro atoms. The van der Waals surface area contributed by atoms with E-state index in [1.54, 1.807) is 7.11 Å². The first-order valence-electron chi connectivity index (χ1n) is 11.9. The van der Waals surface area contributed by atoms with E-state index in [-0.39, 0.29) is 0 Å². The minimum absolute atomic E-state index is 0.332. The number of thioether (sulfide) groups is 1. The molecule has 3 aromatic rings. The summed E-state index contributed by atoms with van der Waals surface area (Å²) < 4.78 is 5.27. The standard InChI is InChI=1S/C26H29ClN2OS.C2H2O4/c1-30-25-13-11-24(12-14-25)29-17-15-28(16-18-29)19-20-31-26(21-5-3-2-4-6-21)22-7-9-23(27)10-8-22;3-1(4)2(5)6/h2-14,26H,15-20H2,1H3;(H,3,4)(H,5,6). The van der Waals surface area contributed by atoms with Crippen LogP contribution in [0.4, 0.5) is 5.69 Å². The molecular formula is C28H31ClN2O5S. The zero-order valence-corrected chi connectivity index (χ0v) is 22.2. The number of aliphatic carboxylic acids is 2. The number of hydrogen-bond acceptors (Lipinski definition) is 6. The Hall–Kier alpha value is -3.20. The summed E-state index contributed by atoms with van der Waals surface area (Å²) in [5.41, 5.74) is 3.94. The molecule has 1 unspecified atom stereocenters. The average molecular weight is 543 g/mol. The van der Waals surface area contributed by atoms with Gasteiger partial charge in [-0.1, -0.05) is 54.1 Å². The van der Waals surface area contributed by atoms with Crippen molar-refractivity contribution in [3.8, 4) is 5.75 Å². The number of ether oxygens (including phenoxy) is 1. The van der Waals surface area contributed by atoms with Gasteiger partial charge in [0.25, 0.3) is 0 Å². The second-order valence-corrected chi connectivity index (χ2v) is 10.00. The molecule has 2 N–H and O–H groups in total. The molecule has 0 saturated carbocycles. The summed E-state index contributed by atoms with van der Waals surface area (Å²) in [6, 6.07) is 27.4. The number of carboxylic acids is 2. The Labute approximate surface area is 226 Å². The summed E-state index contributed by atoms with van der Waals surface area (Å²) in [6.45, 7) is 5.44. The predicted octanol–water partition coefficient (Wildman–Crippen LogP) is 5.15. The highest BCUT2D eigenvalue weighted by molar-refractivity contribution is 7.99. The molecule has 1 fully saturated rings. The van der Waals surface area contributed by atoms with Crippen LogP contribution in [-0.4, -0.2) is 72.6 Å². The molecule has 0 amide bonds. The van der Waals surface area contributed by atoms with Crippen LogP contribution in [0.15, 0.2) is 78.9 Å². The van der Waals surface area contributed by atoms with Gasteiger partial charge in [-0.2, -0.15) is 0 Å². The molecule has 0 radical (unpaired) electrons. The maximum atomic E-state index is 9.10. The van der Waals surface area contributed by atoms with E-state index in [2.05, 4.69) is 64.4 Å². The van der Waals surface area contributed by atoms with Crippen molar-refractivity contribution in [2.75, 3.05) is 50.5 Å². The van der Waals surface area contributed by atoms with Crippen LogP contribution in [0.1, 0.15) is 16.4 Å². The van der Waals surface area contributed by atoms with E-state index >= 15 is 0 Å². The maximum absolute atomic E-state index is 9.10. The lowest BCUT2D eigenvalue weighted by molar-refractivity contribution is -0.159. The lowest BCUT2D eigenvalue weighted by atomic mass is 10.0. The second-order valence-electron chi connectivity index (χ2n) is 8.35. The van der Waals surface area contributed by atoms with Crippen LogP contribution < -0.4 is 9.64 Å². The minimum atomic E-state index is -1.82. The quantitative estimate of drug-likeness (QED) is 0.378. The van der Waals surface area contributed by atoms with Gasteiger partial charge in [0, 0.05) is 49.2 Å². The zero-order chi connectivity index (χ0) is 26.6. The van der Waals surface area contributed by atoms with E-state index < -0.39 is 11.9 Å². The van der Waals surface area contributed by atoms with E-state index in [4.69, 9.17) is 36.1 Å². The topological polar surface area (TPSA) is 90.3 Å². The van der Waals surface area contributed by atoms with Crippen molar-refractivity contribution >= 4 is 41.0 Å². The fourth-order valence-corrected chi connectivity index (χ4v) is 5.40. The smallest absolute Gasteiger partial charge is 0.414 e. The third-order valence-corrected chi connectivity index (χ3v) is 7.51. The highest BCUT2D eigenvalue weighted by Gasteiger charge is 2.19. The Balaban J connectivity index is 0.000000568. The Kier molecular flexibility index (Phi) is 11.1. The number of benzene rings is 3. The first kappa shape index (κ1) is 28.4. The van der Waals surface area contributed by atoms with E-state index in [0.717, 1.165) is 49.2 Å². The Morgan fingerprint density at radius 2 is 1.43 bits per heavy atom. The largest absolute Gasteiger partial charge is 0.497 e. The lowest BCUT2D eigenvalue weighted by Gasteiger charge is -2.36. The average Bonchev–Trinajstić information content (AvgIpc) is 2.93. The fourth-order valence-electron chi connectivity index (χ4n) is 3.97. The molecule has 1 saturated heterocycles. The molecule has 3 aromatic carbocycles. The summed E-state index contributed by atoms with van der Waals surface area (Å²) in [5.74, 6) is -1.64. The third kappa shape index (κ3) is 9.00. The van der Waals surface area contributed by atoms with Crippen molar-refractivity contribution in [2.45, 2.75) is 5.25 Å². The molecule has 1 aliphatic heterocycles. The molecule has 196 valence electrons. The molecule has 37 heavy (non-hydrogen) atoms. The normalized spacial score (nSPS) is 14.3. The van der Waals surface area contributed by atoms with Crippen LogP contribution in [0.25, 0.3) is 0 Å². The summed E-state index contributed by atoms with van der Waals surface area (Å²) in [5, 5.41) is 15.9. The van der Waals surface area contributed by atoms with Crippen molar-refractivity contribution in [2.24, 2.45) is 0 Å². The molecule has 0 aromatic heterocycles. The number of methoxy groups -OCH3 is 1. The predicted molar refractivity (Wildman–Crippen MR) is 149 cm³/mol. The van der Waals surface area contributed by atoms with E-state index in [1.807, 2.05) is 36.0 Å². The molecule has 1 aliphatic rings. The number of halogens is 1. The maximum Gasteiger partial charge on any atom is 0.414 e. The summed E-state index contributed by atoms with van der Waals surface area (Å²) in [6.07, 6.45) is 0. The molecular weight excluding hydrogens is 512 g/mol. The Morgan fingerprint density at radius 1 is 0.865 bits per heavy atom. The van der Waals surface area contributed by atoms with Crippen LogP contribution in [0.3, 0.4) is 0 Å². The first-order valence-corrected chi connectivity index (χ1v) is 13.3. The van der Waals surface area contributed by atoms with Gasteiger partial charge in [0.1, 0.15) is 5.75 Å². The highest BCUT2D eigenvalue weighted by atomic mass is 35.5. The number of carboxylic acid groups (broad SMARTS) is 2. The van der Waals surface area contributed by atoms with Gasteiger partial charge in [0.15, 0.2) is 0 Å². The van der Waals surface area contributed by atoms with Gasteiger partial charge in [-0.25, -0.2) is 9.59 Å². The number of nitrogens with zero attached hydrogens (tertiary/aromatic N) is 2. The second kappa shape index (κ2) is 14.5. The third-order valence-electron chi connectivity index (χ3n) is 5.96. The molecule has 0 aliphatic carbocycles. The van der Waals surface area contributed by atoms with E-state index in [9.17, 15) is 0 Å². The van der Waals surface area contributed by atoms with Crippen molar-refractivity contribution < 1.29 is 24.5 Å². The van der Waals surface area contributed by atoms with Crippen molar-refractivity contribution in [3.05, 3.63) is 95.0 Å². The molecule has 9 heteroatoms. The Morgan fingerprint density at radius 3 is 1.97 bits per heavy atom. The zero-order valence-electron chi connectivity index (χ0n) is 20.6. The van der Waals surface area contributed by atoms with E-state index in [0.29, 0.717) is 5.25 Å². The van der Waals surface area contributed by atoms with Crippen LogP contribution in [0.2, 0.25) is 5.02 Å². The number of hydrogen-bond donors (Lipinski definition) is 2. The van der Waals surface area contributed by atoms with Gasteiger partial charge >= 0.3 is 11.9 Å². The van der Waals surface area contributed by atoms with Gasteiger partial charge in [0.2, 0.25) is 0 Å². The van der Waals surface area contributed by atoms with Crippen LogP contribution in [0.5, 0.6) is 5.75 Å². The summed E-state index contributed by atoms with van der Waals surface area (Å²) in [7, 11) is 1.71. The number of piperazine rings is 1. The SMILES string of the molecule is COc1ccc(N2CCN(CCSC(c3ccccc3)c3ccc(Cl)cc3)CC2)cc1.O=C(O)C(=O)O. The van der Waals surface area contributed by atoms with Crippen LogP contribution in [-0.2, 0) is 9.59 Å². The van der Waals surface area contributed by atoms with E-state index in [1.165, 1.54) is 16.8 Å². The number of rotatable bonds is 8. The van der Waals surface area contributed by atoms with Gasteiger partial charge in [-0.15, -0.1) is 11.8 Å². The van der Waals surface area contributed by atoms with Gasteiger partial charge in [-0.3, -0.25) is 4.90 Å². The summed E-state index contributed by atoms with van der Waals surface area (Å²) >= 11 is 8.13. The number of anilines is 1. The molecule has 0 bridgehead atoms. The minimum Gasteiger partial charge on any atom is -0.497 e. The van der Waals surface area contributed by atoms with Crippen molar-refractivity contribution in [3.63, 3.8) is 0 Å². The van der Waals surface area contributed by atoms with Crippen molar-refractivity contribution in [1.82, 2.24) is 4.90 Å². The lowest BCUT2D eigenvalue weighted by Crippen LogP contribution is -2.47. The molecule has 4 rings (SSSR count). The molecule has 1 atom stereocenters. The van der Waals surface area contributed by atoms with Gasteiger partial charge in [-0.05, 0) is 47.5 Å². The van der Waals surface area contributed by atoms with Gasteiger partial charge < -0.3 is 19.8 Å². The van der Waals surface area contributed by atoms with Crippen molar-refractivity contribution in [1.29, 1.82) is 0 Å². The fraction of sp³-hybridized carbons (Fsp3) is 0.286. The van der Waals surface area contributed by atoms with Gasteiger partial charge in [0.05, 0.1) is 12.4 Å². The first-order chi connectivity index (χ1) is 17.9. The Bertz CT molecular complexity index is 1110.